The Morgan fingerprint density at radius 2 is 1.29 bits per heavy atom. The summed E-state index contributed by atoms with van der Waals surface area (Å²) in [6.07, 6.45) is 0. The van der Waals surface area contributed by atoms with E-state index in [1.165, 1.54) is 31.3 Å². The number of hydrogen-bond donors (Lipinski definition) is 0. The lowest BCUT2D eigenvalue weighted by Gasteiger charge is -2.32. The Kier molecular flexibility index (Phi) is 3.96. The fourth-order valence-corrected chi connectivity index (χ4v) is 5.08. The van der Waals surface area contributed by atoms with Crippen molar-refractivity contribution in [3.05, 3.63) is 66.7 Å². The van der Waals surface area contributed by atoms with Gasteiger partial charge in [-0.25, -0.2) is 0 Å². The van der Waals surface area contributed by atoms with Crippen LogP contribution in [-0.2, 0) is 9.31 Å². The standard InChI is InChI=1S/C24H23BO2S/c1-23(2)24(3,4)27-25(26-23)18-13-9-15-20-22(18)21-17(12-8-14-19(21)28-20)16-10-6-5-7-11-16/h5-15H,1-4H3. The van der Waals surface area contributed by atoms with Crippen LogP contribution < -0.4 is 5.46 Å². The topological polar surface area (TPSA) is 18.5 Å². The van der Waals surface area contributed by atoms with Gasteiger partial charge in [0.15, 0.2) is 0 Å². The lowest BCUT2D eigenvalue weighted by Crippen LogP contribution is -2.41. The fraction of sp³-hybridized carbons (Fsp3) is 0.250. The fourth-order valence-electron chi connectivity index (χ4n) is 3.92. The van der Waals surface area contributed by atoms with Crippen LogP contribution in [0.2, 0.25) is 0 Å². The van der Waals surface area contributed by atoms with E-state index in [-0.39, 0.29) is 18.3 Å². The molecule has 0 bridgehead atoms. The van der Waals surface area contributed by atoms with Crippen molar-refractivity contribution in [1.82, 2.24) is 0 Å². The van der Waals surface area contributed by atoms with Crippen molar-refractivity contribution in [3.63, 3.8) is 0 Å². The Morgan fingerprint density at radius 1 is 0.679 bits per heavy atom. The molecule has 140 valence electrons. The second-order valence-corrected chi connectivity index (χ2v) is 9.54. The minimum absolute atomic E-state index is 0.353. The molecule has 5 rings (SSSR count). The highest BCUT2D eigenvalue weighted by Gasteiger charge is 2.52. The average molecular weight is 386 g/mol. The van der Waals surface area contributed by atoms with Gasteiger partial charge in [0.1, 0.15) is 0 Å². The van der Waals surface area contributed by atoms with E-state index in [1.807, 2.05) is 11.3 Å². The first-order valence-electron chi connectivity index (χ1n) is 9.73. The highest BCUT2D eigenvalue weighted by molar-refractivity contribution is 7.26. The molecule has 28 heavy (non-hydrogen) atoms. The average Bonchev–Trinajstić information content (AvgIpc) is 3.16. The summed E-state index contributed by atoms with van der Waals surface area (Å²) in [5.74, 6) is 0. The van der Waals surface area contributed by atoms with E-state index in [1.54, 1.807) is 0 Å². The summed E-state index contributed by atoms with van der Waals surface area (Å²) in [7, 11) is -0.365. The van der Waals surface area contributed by atoms with Gasteiger partial charge in [-0.3, -0.25) is 0 Å². The molecule has 0 radical (unpaired) electrons. The molecular formula is C24H23BO2S. The molecule has 4 heteroatoms. The quantitative estimate of drug-likeness (QED) is 0.392. The molecule has 1 aliphatic rings. The molecule has 0 saturated carbocycles. The highest BCUT2D eigenvalue weighted by Crippen LogP contribution is 2.41. The first kappa shape index (κ1) is 17.9. The van der Waals surface area contributed by atoms with Crippen molar-refractivity contribution in [2.24, 2.45) is 0 Å². The molecule has 1 saturated heterocycles. The van der Waals surface area contributed by atoms with Crippen LogP contribution in [0.3, 0.4) is 0 Å². The molecule has 0 N–H and O–H groups in total. The van der Waals surface area contributed by atoms with Crippen molar-refractivity contribution in [2.45, 2.75) is 38.9 Å². The first-order chi connectivity index (χ1) is 13.4. The van der Waals surface area contributed by atoms with Crippen LogP contribution in [0.25, 0.3) is 31.3 Å². The molecule has 1 aromatic heterocycles. The Bertz CT molecular complexity index is 1160. The van der Waals surface area contributed by atoms with Crippen LogP contribution in [0, 0.1) is 0 Å². The number of rotatable bonds is 2. The van der Waals surface area contributed by atoms with Crippen LogP contribution >= 0.6 is 11.3 Å². The molecule has 0 aliphatic carbocycles. The van der Waals surface area contributed by atoms with Crippen LogP contribution in [0.15, 0.2) is 66.7 Å². The summed E-state index contributed by atoms with van der Waals surface area (Å²) in [5, 5.41) is 2.54. The lowest BCUT2D eigenvalue weighted by molar-refractivity contribution is 0.00578. The predicted octanol–water partition coefficient (Wildman–Crippen LogP) is 6.02. The number of fused-ring (bicyclic) bond motifs is 3. The summed E-state index contributed by atoms with van der Waals surface area (Å²) in [6, 6.07) is 23.6. The maximum absolute atomic E-state index is 6.40. The second-order valence-electron chi connectivity index (χ2n) is 8.46. The normalized spacial score (nSPS) is 18.2. The summed E-state index contributed by atoms with van der Waals surface area (Å²) in [4.78, 5) is 0. The van der Waals surface area contributed by atoms with Crippen LogP contribution in [0.5, 0.6) is 0 Å². The zero-order valence-corrected chi connectivity index (χ0v) is 17.5. The van der Waals surface area contributed by atoms with Gasteiger partial charge in [0, 0.05) is 20.2 Å². The largest absolute Gasteiger partial charge is 0.495 e. The van der Waals surface area contributed by atoms with E-state index < -0.39 is 0 Å². The summed E-state index contributed by atoms with van der Waals surface area (Å²) in [6.45, 7) is 8.42. The first-order valence-corrected chi connectivity index (χ1v) is 10.5. The molecule has 2 nitrogen and oxygen atoms in total. The van der Waals surface area contributed by atoms with E-state index in [0.717, 1.165) is 5.46 Å². The van der Waals surface area contributed by atoms with Crippen molar-refractivity contribution in [2.75, 3.05) is 0 Å². The van der Waals surface area contributed by atoms with Gasteiger partial charge in [0.05, 0.1) is 11.2 Å². The van der Waals surface area contributed by atoms with Gasteiger partial charge in [0.2, 0.25) is 0 Å². The van der Waals surface area contributed by atoms with E-state index in [0.29, 0.717) is 0 Å². The summed E-state index contributed by atoms with van der Waals surface area (Å²) < 4.78 is 15.4. The summed E-state index contributed by atoms with van der Waals surface area (Å²) >= 11 is 1.83. The SMILES string of the molecule is CC1(C)OB(c2cccc3sc4cccc(-c5ccccc5)c4c23)OC1(C)C. The third-order valence-corrected chi connectivity index (χ3v) is 7.27. The van der Waals surface area contributed by atoms with Gasteiger partial charge >= 0.3 is 7.12 Å². The van der Waals surface area contributed by atoms with Crippen LogP contribution in [-0.4, -0.2) is 18.3 Å². The molecule has 0 unspecified atom stereocenters. The molecule has 1 fully saturated rings. The van der Waals surface area contributed by atoms with E-state index >= 15 is 0 Å². The van der Waals surface area contributed by atoms with E-state index in [9.17, 15) is 0 Å². The zero-order valence-electron chi connectivity index (χ0n) is 16.7. The lowest BCUT2D eigenvalue weighted by atomic mass is 9.76. The van der Waals surface area contributed by atoms with Crippen LogP contribution in [0.1, 0.15) is 27.7 Å². The van der Waals surface area contributed by atoms with Gasteiger partial charge < -0.3 is 9.31 Å². The van der Waals surface area contributed by atoms with Crippen molar-refractivity contribution < 1.29 is 9.31 Å². The third kappa shape index (κ3) is 2.63. The number of hydrogen-bond acceptors (Lipinski definition) is 3. The van der Waals surface area contributed by atoms with Gasteiger partial charge in [-0.1, -0.05) is 54.6 Å². The molecular weight excluding hydrogens is 363 g/mol. The zero-order chi connectivity index (χ0) is 19.5. The monoisotopic (exact) mass is 386 g/mol. The van der Waals surface area contributed by atoms with Crippen LogP contribution in [0.4, 0.5) is 0 Å². The smallest absolute Gasteiger partial charge is 0.399 e. The highest BCUT2D eigenvalue weighted by atomic mass is 32.1. The Hall–Kier alpha value is -2.14. The van der Waals surface area contributed by atoms with Crippen molar-refractivity contribution >= 4 is 44.1 Å². The molecule has 2 heterocycles. The molecule has 0 spiro atoms. The van der Waals surface area contributed by atoms with Crippen molar-refractivity contribution in [1.29, 1.82) is 0 Å². The third-order valence-electron chi connectivity index (χ3n) is 6.15. The van der Waals surface area contributed by atoms with Gasteiger partial charge in [-0.05, 0) is 56.4 Å². The summed E-state index contributed by atoms with van der Waals surface area (Å²) in [5.41, 5.74) is 2.90. The predicted molar refractivity (Wildman–Crippen MR) is 120 cm³/mol. The maximum atomic E-state index is 6.40. The van der Waals surface area contributed by atoms with E-state index in [2.05, 4.69) is 94.4 Å². The van der Waals surface area contributed by atoms with Gasteiger partial charge in [0.25, 0.3) is 0 Å². The molecule has 3 aromatic carbocycles. The second kappa shape index (κ2) is 6.18. The van der Waals surface area contributed by atoms with Gasteiger partial charge in [-0.2, -0.15) is 0 Å². The molecule has 4 aromatic rings. The Morgan fingerprint density at radius 3 is 1.96 bits per heavy atom. The van der Waals surface area contributed by atoms with E-state index in [4.69, 9.17) is 9.31 Å². The maximum Gasteiger partial charge on any atom is 0.495 e. The molecule has 1 aliphatic heterocycles. The Labute approximate surface area is 170 Å². The molecule has 0 amide bonds. The Balaban J connectivity index is 1.79. The van der Waals surface area contributed by atoms with Gasteiger partial charge in [-0.15, -0.1) is 11.3 Å². The number of benzene rings is 3. The minimum atomic E-state index is -0.365. The molecule has 0 atom stereocenters. The number of thiophene rings is 1. The minimum Gasteiger partial charge on any atom is -0.399 e. The van der Waals surface area contributed by atoms with Crippen molar-refractivity contribution in [3.8, 4) is 11.1 Å².